The van der Waals surface area contributed by atoms with Gasteiger partial charge in [0.05, 0.1) is 6.54 Å². The van der Waals surface area contributed by atoms with Crippen LogP contribution in [0.5, 0.6) is 0 Å². The van der Waals surface area contributed by atoms with Gasteiger partial charge in [0.15, 0.2) is 0 Å². The zero-order chi connectivity index (χ0) is 18.5. The molecule has 1 aromatic heterocycles. The number of amides is 1. The Morgan fingerprint density at radius 1 is 1.08 bits per heavy atom. The Labute approximate surface area is 150 Å². The van der Waals surface area contributed by atoms with E-state index in [0.717, 1.165) is 31.9 Å². The van der Waals surface area contributed by atoms with Gasteiger partial charge >= 0.3 is 0 Å². The standard InChI is InChI=1S/C17H21FN6O2/c18-13-1-3-14(4-2-13)22-9-11-23(12-10-22)15-5-6-17(26)24(21-15)8-7-16(25)20-19/h1-6H,7-12,19H2,(H,20,25). The maximum Gasteiger partial charge on any atom is 0.266 e. The molecular formula is C17H21FN6O2. The van der Waals surface area contributed by atoms with Gasteiger partial charge in [0.2, 0.25) is 5.91 Å². The molecule has 1 aliphatic rings. The Morgan fingerprint density at radius 2 is 1.73 bits per heavy atom. The second kappa shape index (κ2) is 7.96. The van der Waals surface area contributed by atoms with Gasteiger partial charge in [-0.05, 0) is 30.3 Å². The van der Waals surface area contributed by atoms with Crippen LogP contribution in [0.1, 0.15) is 6.42 Å². The lowest BCUT2D eigenvalue weighted by Crippen LogP contribution is -2.47. The molecule has 1 fully saturated rings. The molecule has 0 unspecified atom stereocenters. The molecule has 0 saturated carbocycles. The predicted molar refractivity (Wildman–Crippen MR) is 96.3 cm³/mol. The molecule has 1 aliphatic heterocycles. The molecule has 1 aromatic carbocycles. The summed E-state index contributed by atoms with van der Waals surface area (Å²) in [6.45, 7) is 3.16. The van der Waals surface area contributed by atoms with Crippen molar-refractivity contribution in [1.29, 1.82) is 0 Å². The molecule has 0 bridgehead atoms. The Morgan fingerprint density at radius 3 is 2.38 bits per heavy atom. The van der Waals surface area contributed by atoms with Crippen molar-refractivity contribution in [2.75, 3.05) is 36.0 Å². The van der Waals surface area contributed by atoms with Crippen molar-refractivity contribution < 1.29 is 9.18 Å². The number of nitrogens with two attached hydrogens (primary N) is 1. The Balaban J connectivity index is 1.64. The van der Waals surface area contributed by atoms with Gasteiger partial charge in [-0.15, -0.1) is 0 Å². The molecule has 0 aliphatic carbocycles. The summed E-state index contributed by atoms with van der Waals surface area (Å²) in [5, 5.41) is 4.35. The van der Waals surface area contributed by atoms with E-state index >= 15 is 0 Å². The summed E-state index contributed by atoms with van der Waals surface area (Å²) in [5.41, 5.74) is 2.76. The van der Waals surface area contributed by atoms with E-state index in [1.54, 1.807) is 18.2 Å². The van der Waals surface area contributed by atoms with Crippen LogP contribution in [0, 0.1) is 5.82 Å². The molecule has 2 heterocycles. The third-order valence-electron chi connectivity index (χ3n) is 4.36. The average molecular weight is 360 g/mol. The lowest BCUT2D eigenvalue weighted by molar-refractivity contribution is -0.121. The minimum absolute atomic E-state index is 0.0885. The minimum atomic E-state index is -0.350. The van der Waals surface area contributed by atoms with Crippen LogP contribution in [0.25, 0.3) is 0 Å². The number of carbonyl (C=O) groups excluding carboxylic acids is 1. The van der Waals surface area contributed by atoms with E-state index in [-0.39, 0.29) is 30.2 Å². The van der Waals surface area contributed by atoms with E-state index < -0.39 is 0 Å². The average Bonchev–Trinajstić information content (AvgIpc) is 2.68. The number of halogens is 1. The molecule has 3 N–H and O–H groups in total. The molecule has 1 amide bonds. The Hall–Kier alpha value is -2.94. The Bertz CT molecular complexity index is 815. The van der Waals surface area contributed by atoms with Crippen LogP contribution >= 0.6 is 0 Å². The third kappa shape index (κ3) is 4.17. The van der Waals surface area contributed by atoms with E-state index in [0.29, 0.717) is 5.82 Å². The highest BCUT2D eigenvalue weighted by atomic mass is 19.1. The van der Waals surface area contributed by atoms with Crippen LogP contribution in [-0.4, -0.2) is 41.9 Å². The normalized spacial score (nSPS) is 14.4. The number of anilines is 2. The van der Waals surface area contributed by atoms with E-state index in [1.807, 2.05) is 5.43 Å². The van der Waals surface area contributed by atoms with Gasteiger partial charge in [0.25, 0.3) is 5.56 Å². The highest BCUT2D eigenvalue weighted by molar-refractivity contribution is 5.75. The molecule has 1 saturated heterocycles. The molecule has 138 valence electrons. The molecule has 0 spiro atoms. The largest absolute Gasteiger partial charge is 0.368 e. The van der Waals surface area contributed by atoms with Crippen LogP contribution in [0.2, 0.25) is 0 Å². The number of aromatic nitrogens is 2. The fraction of sp³-hybridized carbons (Fsp3) is 0.353. The molecule has 9 heteroatoms. The number of hydrogen-bond acceptors (Lipinski definition) is 6. The topological polar surface area (TPSA) is 96.5 Å². The summed E-state index contributed by atoms with van der Waals surface area (Å²) >= 11 is 0. The van der Waals surface area contributed by atoms with Crippen LogP contribution in [0.3, 0.4) is 0 Å². The van der Waals surface area contributed by atoms with Crippen molar-refractivity contribution in [2.45, 2.75) is 13.0 Å². The van der Waals surface area contributed by atoms with Gasteiger partial charge in [0, 0.05) is 44.4 Å². The minimum Gasteiger partial charge on any atom is -0.368 e. The number of nitrogens with zero attached hydrogens (tertiary/aromatic N) is 4. The first kappa shape index (κ1) is 17.9. The first-order chi connectivity index (χ1) is 12.6. The second-order valence-corrected chi connectivity index (χ2v) is 6.02. The summed E-state index contributed by atoms with van der Waals surface area (Å²) in [7, 11) is 0. The number of aryl methyl sites for hydroxylation is 1. The summed E-state index contributed by atoms with van der Waals surface area (Å²) in [5.74, 6) is 5.14. The van der Waals surface area contributed by atoms with Crippen molar-refractivity contribution >= 4 is 17.4 Å². The summed E-state index contributed by atoms with van der Waals surface area (Å²) in [6, 6.07) is 9.59. The summed E-state index contributed by atoms with van der Waals surface area (Å²) < 4.78 is 14.3. The number of hydrazine groups is 1. The van der Waals surface area contributed by atoms with Gasteiger partial charge in [-0.3, -0.25) is 15.0 Å². The monoisotopic (exact) mass is 360 g/mol. The first-order valence-electron chi connectivity index (χ1n) is 8.40. The molecule has 26 heavy (non-hydrogen) atoms. The SMILES string of the molecule is NNC(=O)CCn1nc(N2CCN(c3ccc(F)cc3)CC2)ccc1=O. The second-order valence-electron chi connectivity index (χ2n) is 6.02. The van der Waals surface area contributed by atoms with Crippen LogP contribution < -0.4 is 26.6 Å². The fourth-order valence-corrected chi connectivity index (χ4v) is 2.89. The molecule has 2 aromatic rings. The van der Waals surface area contributed by atoms with Gasteiger partial charge < -0.3 is 9.80 Å². The number of piperazine rings is 1. The van der Waals surface area contributed by atoms with E-state index in [2.05, 4.69) is 14.9 Å². The number of hydrogen-bond donors (Lipinski definition) is 2. The van der Waals surface area contributed by atoms with Crippen molar-refractivity contribution in [3.05, 3.63) is 52.6 Å². The molecule has 8 nitrogen and oxygen atoms in total. The first-order valence-corrected chi connectivity index (χ1v) is 8.40. The quantitative estimate of drug-likeness (QED) is 0.446. The Kier molecular flexibility index (Phi) is 5.47. The lowest BCUT2D eigenvalue weighted by atomic mass is 10.2. The fourth-order valence-electron chi connectivity index (χ4n) is 2.89. The zero-order valence-electron chi connectivity index (χ0n) is 14.3. The lowest BCUT2D eigenvalue weighted by Gasteiger charge is -2.36. The molecule has 0 radical (unpaired) electrons. The summed E-state index contributed by atoms with van der Waals surface area (Å²) in [6.07, 6.45) is 0.0885. The molecule has 0 atom stereocenters. The number of nitrogens with one attached hydrogen (secondary N) is 1. The number of benzene rings is 1. The van der Waals surface area contributed by atoms with E-state index in [1.165, 1.54) is 22.9 Å². The highest BCUT2D eigenvalue weighted by Crippen LogP contribution is 2.19. The van der Waals surface area contributed by atoms with Gasteiger partial charge in [-0.25, -0.2) is 14.9 Å². The van der Waals surface area contributed by atoms with Crippen LogP contribution in [0.15, 0.2) is 41.2 Å². The van der Waals surface area contributed by atoms with Gasteiger partial charge in [-0.1, -0.05) is 0 Å². The number of carbonyl (C=O) groups is 1. The van der Waals surface area contributed by atoms with Crippen LogP contribution in [-0.2, 0) is 11.3 Å². The third-order valence-corrected chi connectivity index (χ3v) is 4.36. The maximum absolute atomic E-state index is 13.0. The summed E-state index contributed by atoms with van der Waals surface area (Å²) in [4.78, 5) is 27.4. The van der Waals surface area contributed by atoms with Crippen LogP contribution in [0.4, 0.5) is 15.9 Å². The highest BCUT2D eigenvalue weighted by Gasteiger charge is 2.19. The predicted octanol–water partition coefficient (Wildman–Crippen LogP) is 0.0890. The molecule has 3 rings (SSSR count). The van der Waals surface area contributed by atoms with Gasteiger partial charge in [-0.2, -0.15) is 5.10 Å². The molecular weight excluding hydrogens is 339 g/mol. The van der Waals surface area contributed by atoms with Crippen molar-refractivity contribution in [3.8, 4) is 0 Å². The number of rotatable bonds is 5. The van der Waals surface area contributed by atoms with E-state index in [9.17, 15) is 14.0 Å². The van der Waals surface area contributed by atoms with Gasteiger partial charge in [0.1, 0.15) is 11.6 Å². The van der Waals surface area contributed by atoms with Crippen molar-refractivity contribution in [2.24, 2.45) is 5.84 Å². The van der Waals surface area contributed by atoms with Crippen molar-refractivity contribution in [1.82, 2.24) is 15.2 Å². The smallest absolute Gasteiger partial charge is 0.266 e. The van der Waals surface area contributed by atoms with E-state index in [4.69, 9.17) is 5.84 Å². The zero-order valence-corrected chi connectivity index (χ0v) is 14.3. The maximum atomic E-state index is 13.0. The van der Waals surface area contributed by atoms with Crippen molar-refractivity contribution in [3.63, 3.8) is 0 Å².